The number of nitrogens with one attached hydrogen (secondary N) is 1. The zero-order valence-electron chi connectivity index (χ0n) is 4.30. The Hall–Kier alpha value is -0.410. The first-order valence-corrected chi connectivity index (χ1v) is 2.51. The lowest BCUT2D eigenvalue weighted by atomic mass is 10.6. The summed E-state index contributed by atoms with van der Waals surface area (Å²) in [5, 5.41) is 2.98. The topological polar surface area (TPSA) is 41.5 Å². The van der Waals surface area contributed by atoms with Crippen molar-refractivity contribution in [1.29, 1.82) is 0 Å². The Morgan fingerprint density at radius 2 is 2.38 bits per heavy atom. The Bertz CT molecular complexity index is 59.1. The zero-order chi connectivity index (χ0) is 6.24. The lowest BCUT2D eigenvalue weighted by Gasteiger charge is -2.05. The normalized spacial score (nSPS) is 14.8. The van der Waals surface area contributed by atoms with Gasteiger partial charge in [-0.2, -0.15) is 0 Å². The summed E-state index contributed by atoms with van der Waals surface area (Å²) in [5.74, 6) is 0. The predicted molar refractivity (Wildman–Crippen MR) is 31.2 cm³/mol. The first-order valence-electron chi connectivity index (χ1n) is 2.17. The van der Waals surface area contributed by atoms with E-state index in [1.165, 1.54) is 0 Å². The third-order valence-electron chi connectivity index (χ3n) is 0.646. The third-order valence-corrected chi connectivity index (χ3v) is 0.646. The number of hydrogen-bond acceptors (Lipinski definition) is 3. The average molecular weight is 138 g/mol. The third kappa shape index (κ3) is 3.77. The summed E-state index contributed by atoms with van der Waals surface area (Å²) in [6.45, 7) is 1.74. The van der Waals surface area contributed by atoms with E-state index in [1.54, 1.807) is 12.5 Å². The Balaban J connectivity index is 0.000000222. The van der Waals surface area contributed by atoms with Crippen molar-refractivity contribution in [3.8, 4) is 0 Å². The summed E-state index contributed by atoms with van der Waals surface area (Å²) in [5.41, 5.74) is 0. The first kappa shape index (κ1) is 7.59. The van der Waals surface area contributed by atoms with Gasteiger partial charge in [0.05, 0.1) is 18.1 Å². The van der Waals surface area contributed by atoms with Crippen LogP contribution in [0.1, 0.15) is 0 Å². The van der Waals surface area contributed by atoms with Crippen molar-refractivity contribution in [1.82, 2.24) is 5.32 Å². The molecule has 0 radical (unpaired) electrons. The molecule has 0 amide bonds. The van der Waals surface area contributed by atoms with Crippen LogP contribution in [0.15, 0.2) is 12.5 Å². The van der Waals surface area contributed by atoms with Crippen molar-refractivity contribution in [3.63, 3.8) is 0 Å². The molecule has 0 aromatic rings. The van der Waals surface area contributed by atoms with Crippen molar-refractivity contribution >= 4 is 11.9 Å². The molecular weight excluding hydrogens is 130 g/mol. The summed E-state index contributed by atoms with van der Waals surface area (Å²) in [7, 11) is 0. The predicted octanol–water partition coefficient (Wildman–Crippen LogP) is 0.210. The van der Waals surface area contributed by atoms with Crippen LogP contribution in [0.2, 0.25) is 0 Å². The van der Waals surface area contributed by atoms with E-state index in [1.807, 2.05) is 0 Å². The Morgan fingerprint density at radius 1 is 1.62 bits per heavy atom. The Morgan fingerprint density at radius 3 is 2.50 bits per heavy atom. The van der Waals surface area contributed by atoms with Gasteiger partial charge in [-0.15, -0.1) is 0 Å². The second-order valence-corrected chi connectivity index (χ2v) is 1.13. The largest absolute Gasteiger partial charge is 0.498 e. The average Bonchev–Trinajstić information content (AvgIpc) is 1.96. The minimum atomic E-state index is 0.802. The lowest BCUT2D eigenvalue weighted by molar-refractivity contribution is 0.236. The van der Waals surface area contributed by atoms with Gasteiger partial charge in [-0.3, -0.25) is 4.66 Å². The van der Waals surface area contributed by atoms with Crippen LogP contribution in [0.3, 0.4) is 0 Å². The molecule has 1 aliphatic heterocycles. The number of hydrogen-bond donors (Lipinski definition) is 2. The van der Waals surface area contributed by atoms with E-state index < -0.39 is 0 Å². The Kier molecular flexibility index (Phi) is 6.25. The van der Waals surface area contributed by atoms with Crippen LogP contribution in [-0.4, -0.2) is 17.8 Å². The van der Waals surface area contributed by atoms with E-state index in [0.717, 1.165) is 13.2 Å². The molecule has 0 aliphatic carbocycles. The lowest BCUT2D eigenvalue weighted by Crippen LogP contribution is -2.16. The molecule has 3 nitrogen and oxygen atoms in total. The highest BCUT2D eigenvalue weighted by Gasteiger charge is 1.83. The van der Waals surface area contributed by atoms with Crippen LogP contribution in [0, 0.1) is 0 Å². The molecule has 2 N–H and O–H groups in total. The maximum atomic E-state index is 6.47. The maximum absolute atomic E-state index is 6.47. The van der Waals surface area contributed by atoms with E-state index in [2.05, 4.69) is 17.2 Å². The minimum Gasteiger partial charge on any atom is -0.498 e. The molecule has 0 bridgehead atoms. The molecule has 0 aromatic carbocycles. The van der Waals surface area contributed by atoms with E-state index >= 15 is 0 Å². The summed E-state index contributed by atoms with van der Waals surface area (Å²) in [6.07, 6.45) is 3.45. The summed E-state index contributed by atoms with van der Waals surface area (Å²) >= 11 is 3.64. The van der Waals surface area contributed by atoms with Crippen molar-refractivity contribution in [2.45, 2.75) is 0 Å². The van der Waals surface area contributed by atoms with Gasteiger partial charge in [-0.25, -0.2) is 0 Å². The smallest absolute Gasteiger partial charge is 0.105 e. The van der Waals surface area contributed by atoms with Crippen molar-refractivity contribution < 1.29 is 9.40 Å². The number of halogens is 1. The number of ether oxygens (including phenoxy) is 1. The van der Waals surface area contributed by atoms with Gasteiger partial charge < -0.3 is 10.1 Å². The van der Waals surface area contributed by atoms with Gasteiger partial charge in [0.1, 0.15) is 6.61 Å². The van der Waals surface area contributed by atoms with Crippen LogP contribution < -0.4 is 5.32 Å². The monoisotopic (exact) mass is 137 g/mol. The molecule has 1 aliphatic rings. The molecular formula is C4H8ClNO2. The molecule has 4 heteroatoms. The van der Waals surface area contributed by atoms with E-state index in [-0.39, 0.29) is 0 Å². The van der Waals surface area contributed by atoms with Crippen LogP contribution in [0.25, 0.3) is 0 Å². The molecule has 8 heavy (non-hydrogen) atoms. The molecule has 0 saturated carbocycles. The summed E-state index contributed by atoms with van der Waals surface area (Å²) in [4.78, 5) is 0. The molecule has 1 heterocycles. The maximum Gasteiger partial charge on any atom is 0.105 e. The van der Waals surface area contributed by atoms with Gasteiger partial charge in [0, 0.05) is 12.7 Å². The molecule has 0 saturated heterocycles. The molecule has 1 rings (SSSR count). The zero-order valence-corrected chi connectivity index (χ0v) is 5.06. The highest BCUT2D eigenvalue weighted by molar-refractivity contribution is 6.04. The van der Waals surface area contributed by atoms with Crippen LogP contribution in [0.5, 0.6) is 0 Å². The van der Waals surface area contributed by atoms with Gasteiger partial charge >= 0.3 is 0 Å². The fourth-order valence-corrected chi connectivity index (χ4v) is 0.365. The SMILES string of the molecule is C1=COCCN1.OCl. The quantitative estimate of drug-likeness (QED) is 0.502. The van der Waals surface area contributed by atoms with E-state index in [0.29, 0.717) is 0 Å². The van der Waals surface area contributed by atoms with Gasteiger partial charge in [-0.1, -0.05) is 0 Å². The second kappa shape index (κ2) is 6.59. The van der Waals surface area contributed by atoms with Crippen LogP contribution in [0.4, 0.5) is 0 Å². The molecule has 0 spiro atoms. The van der Waals surface area contributed by atoms with Crippen molar-refractivity contribution in [2.75, 3.05) is 13.2 Å². The fraction of sp³-hybridized carbons (Fsp3) is 0.500. The summed E-state index contributed by atoms with van der Waals surface area (Å²) in [6, 6.07) is 0. The first-order chi connectivity index (χ1) is 4.00. The highest BCUT2D eigenvalue weighted by Crippen LogP contribution is 1.79. The summed E-state index contributed by atoms with van der Waals surface area (Å²) < 4.78 is 11.3. The van der Waals surface area contributed by atoms with E-state index in [9.17, 15) is 0 Å². The van der Waals surface area contributed by atoms with Crippen molar-refractivity contribution in [2.24, 2.45) is 0 Å². The molecule has 0 unspecified atom stereocenters. The van der Waals surface area contributed by atoms with Gasteiger partial charge in [0.25, 0.3) is 0 Å². The molecule has 0 aromatic heterocycles. The van der Waals surface area contributed by atoms with Gasteiger partial charge in [-0.05, 0) is 0 Å². The fourth-order valence-electron chi connectivity index (χ4n) is 0.365. The van der Waals surface area contributed by atoms with E-state index in [4.69, 9.17) is 9.40 Å². The molecule has 0 fully saturated rings. The number of rotatable bonds is 0. The van der Waals surface area contributed by atoms with Gasteiger partial charge in [0.2, 0.25) is 0 Å². The molecule has 48 valence electrons. The van der Waals surface area contributed by atoms with Crippen LogP contribution in [-0.2, 0) is 4.74 Å². The molecule has 0 atom stereocenters. The Labute approximate surface area is 53.1 Å². The highest BCUT2D eigenvalue weighted by atomic mass is 35.5. The van der Waals surface area contributed by atoms with Crippen molar-refractivity contribution in [3.05, 3.63) is 12.5 Å². The minimum absolute atomic E-state index is 0.802. The van der Waals surface area contributed by atoms with Crippen LogP contribution >= 0.6 is 11.9 Å². The second-order valence-electron chi connectivity index (χ2n) is 1.13. The standard InChI is InChI=1S/C4H7NO.ClHO/c1-3-6-4-2-5-1;1-2/h1,3,5H,2,4H2;2H. The van der Waals surface area contributed by atoms with Gasteiger partial charge in [0.15, 0.2) is 0 Å².